The van der Waals surface area contributed by atoms with E-state index >= 15 is 0 Å². The van der Waals surface area contributed by atoms with E-state index in [0.29, 0.717) is 11.5 Å². The van der Waals surface area contributed by atoms with Crippen molar-refractivity contribution in [3.63, 3.8) is 0 Å². The lowest BCUT2D eigenvalue weighted by atomic mass is 10.2. The fraction of sp³-hybridized carbons (Fsp3) is 0. The summed E-state index contributed by atoms with van der Waals surface area (Å²) in [5, 5.41) is 9.05. The summed E-state index contributed by atoms with van der Waals surface area (Å²) in [4.78, 5) is 16.8. The molecule has 0 aliphatic heterocycles. The smallest absolute Gasteiger partial charge is 0.267 e. The van der Waals surface area contributed by atoms with E-state index in [4.69, 9.17) is 5.26 Å². The average molecular weight is 273 g/mol. The van der Waals surface area contributed by atoms with Crippen LogP contribution in [0.4, 0.5) is 0 Å². The molecule has 4 nitrogen and oxygen atoms in total. The van der Waals surface area contributed by atoms with E-state index in [1.807, 2.05) is 66.7 Å². The highest BCUT2D eigenvalue weighted by atomic mass is 16.1. The van der Waals surface area contributed by atoms with E-state index in [0.717, 1.165) is 5.56 Å². The molecule has 0 aliphatic rings. The summed E-state index contributed by atoms with van der Waals surface area (Å²) in [7, 11) is 0. The SMILES string of the molecule is N#Cc1cnc(-c2ccccc2)n(-c2ccccc2)c1=O. The topological polar surface area (TPSA) is 58.7 Å². The van der Waals surface area contributed by atoms with Crippen molar-refractivity contribution in [2.24, 2.45) is 0 Å². The molecule has 0 unspecified atom stereocenters. The molecule has 0 bridgehead atoms. The van der Waals surface area contributed by atoms with Crippen LogP contribution in [-0.4, -0.2) is 9.55 Å². The standard InChI is InChI=1S/C17H11N3O/c18-11-14-12-19-16(13-7-3-1-4-8-13)20(17(14)21)15-9-5-2-6-10-15/h1-10,12H. The third-order valence-corrected chi connectivity index (χ3v) is 3.13. The molecule has 4 heteroatoms. The van der Waals surface area contributed by atoms with Gasteiger partial charge in [0.1, 0.15) is 17.5 Å². The molecule has 0 radical (unpaired) electrons. The highest BCUT2D eigenvalue weighted by Gasteiger charge is 2.13. The van der Waals surface area contributed by atoms with Gasteiger partial charge in [0.05, 0.1) is 11.9 Å². The van der Waals surface area contributed by atoms with E-state index in [1.165, 1.54) is 10.8 Å². The molecule has 21 heavy (non-hydrogen) atoms. The summed E-state index contributed by atoms with van der Waals surface area (Å²) in [5.74, 6) is 0.519. The Balaban J connectivity index is 2.35. The van der Waals surface area contributed by atoms with Crippen LogP contribution in [0.3, 0.4) is 0 Å². The summed E-state index contributed by atoms with van der Waals surface area (Å²) in [6.45, 7) is 0. The zero-order valence-corrected chi connectivity index (χ0v) is 11.1. The van der Waals surface area contributed by atoms with Crippen LogP contribution in [0.15, 0.2) is 71.7 Å². The van der Waals surface area contributed by atoms with Gasteiger partial charge in [0, 0.05) is 5.56 Å². The van der Waals surface area contributed by atoms with Crippen molar-refractivity contribution in [1.82, 2.24) is 9.55 Å². The van der Waals surface area contributed by atoms with Crippen LogP contribution in [0.25, 0.3) is 17.1 Å². The van der Waals surface area contributed by atoms with E-state index in [1.54, 1.807) is 0 Å². The lowest BCUT2D eigenvalue weighted by molar-refractivity contribution is 0.941. The maximum Gasteiger partial charge on any atom is 0.276 e. The molecule has 100 valence electrons. The maximum atomic E-state index is 12.5. The Hall–Kier alpha value is -3.19. The molecular weight excluding hydrogens is 262 g/mol. The minimum Gasteiger partial charge on any atom is -0.267 e. The highest BCUT2D eigenvalue weighted by Crippen LogP contribution is 2.18. The number of hydrogen-bond donors (Lipinski definition) is 0. The van der Waals surface area contributed by atoms with Gasteiger partial charge in [0.2, 0.25) is 0 Å². The number of rotatable bonds is 2. The average Bonchev–Trinajstić information content (AvgIpc) is 2.56. The Kier molecular flexibility index (Phi) is 3.32. The molecule has 0 saturated heterocycles. The molecule has 0 aliphatic carbocycles. The summed E-state index contributed by atoms with van der Waals surface area (Å²) in [6.07, 6.45) is 1.32. The van der Waals surface area contributed by atoms with Crippen LogP contribution in [0.5, 0.6) is 0 Å². The van der Waals surface area contributed by atoms with Gasteiger partial charge in [0.25, 0.3) is 5.56 Å². The third-order valence-electron chi connectivity index (χ3n) is 3.13. The summed E-state index contributed by atoms with van der Waals surface area (Å²) in [5.41, 5.74) is 1.17. The fourth-order valence-corrected chi connectivity index (χ4v) is 2.14. The lowest BCUT2D eigenvalue weighted by Gasteiger charge is -2.12. The number of nitriles is 1. The number of hydrogen-bond acceptors (Lipinski definition) is 3. The number of nitrogens with zero attached hydrogens (tertiary/aromatic N) is 3. The van der Waals surface area contributed by atoms with Crippen molar-refractivity contribution in [3.05, 3.63) is 82.8 Å². The normalized spacial score (nSPS) is 10.0. The van der Waals surface area contributed by atoms with Crippen LogP contribution in [0.2, 0.25) is 0 Å². The first-order valence-electron chi connectivity index (χ1n) is 6.44. The lowest BCUT2D eigenvalue weighted by Crippen LogP contribution is -2.23. The molecule has 1 heterocycles. The van der Waals surface area contributed by atoms with Crippen molar-refractivity contribution in [2.75, 3.05) is 0 Å². The highest BCUT2D eigenvalue weighted by molar-refractivity contribution is 5.58. The zero-order chi connectivity index (χ0) is 14.7. The first-order chi connectivity index (χ1) is 10.3. The number of para-hydroxylation sites is 1. The monoisotopic (exact) mass is 273 g/mol. The second-order valence-electron chi connectivity index (χ2n) is 4.45. The Morgan fingerprint density at radius 3 is 2.19 bits per heavy atom. The minimum absolute atomic E-state index is 0.0264. The van der Waals surface area contributed by atoms with Crippen LogP contribution in [-0.2, 0) is 0 Å². The van der Waals surface area contributed by atoms with Crippen LogP contribution in [0.1, 0.15) is 5.56 Å². The molecule has 0 spiro atoms. The predicted molar refractivity (Wildman–Crippen MR) is 80.0 cm³/mol. The first kappa shape index (κ1) is 12.8. The largest absolute Gasteiger partial charge is 0.276 e. The minimum atomic E-state index is -0.363. The van der Waals surface area contributed by atoms with Gasteiger partial charge in [-0.15, -0.1) is 0 Å². The second-order valence-corrected chi connectivity index (χ2v) is 4.45. The van der Waals surface area contributed by atoms with Gasteiger partial charge in [-0.1, -0.05) is 48.5 Å². The molecule has 0 atom stereocenters. The van der Waals surface area contributed by atoms with Gasteiger partial charge in [-0.05, 0) is 12.1 Å². The molecule has 0 saturated carbocycles. The predicted octanol–water partition coefficient (Wildman–Crippen LogP) is 2.77. The summed E-state index contributed by atoms with van der Waals surface area (Å²) in [6, 6.07) is 20.5. The van der Waals surface area contributed by atoms with Crippen LogP contribution < -0.4 is 5.56 Å². The van der Waals surface area contributed by atoms with Crippen molar-refractivity contribution >= 4 is 0 Å². The molecule has 0 amide bonds. The van der Waals surface area contributed by atoms with Crippen molar-refractivity contribution in [1.29, 1.82) is 5.26 Å². The van der Waals surface area contributed by atoms with Crippen LogP contribution >= 0.6 is 0 Å². The molecule has 3 rings (SSSR count). The van der Waals surface area contributed by atoms with Crippen molar-refractivity contribution in [2.45, 2.75) is 0 Å². The molecule has 3 aromatic rings. The Labute approximate surface area is 121 Å². The second kappa shape index (κ2) is 5.43. The van der Waals surface area contributed by atoms with Gasteiger partial charge in [-0.25, -0.2) is 4.98 Å². The quantitative estimate of drug-likeness (QED) is 0.721. The summed E-state index contributed by atoms with van der Waals surface area (Å²) < 4.78 is 1.47. The van der Waals surface area contributed by atoms with Crippen molar-refractivity contribution in [3.8, 4) is 23.1 Å². The van der Waals surface area contributed by atoms with Gasteiger partial charge in [0.15, 0.2) is 0 Å². The third kappa shape index (κ3) is 2.33. The van der Waals surface area contributed by atoms with Gasteiger partial charge >= 0.3 is 0 Å². The molecular formula is C17H11N3O. The zero-order valence-electron chi connectivity index (χ0n) is 11.1. The Morgan fingerprint density at radius 1 is 0.952 bits per heavy atom. The summed E-state index contributed by atoms with van der Waals surface area (Å²) >= 11 is 0. The van der Waals surface area contributed by atoms with E-state index < -0.39 is 0 Å². The fourth-order valence-electron chi connectivity index (χ4n) is 2.14. The Bertz CT molecular complexity index is 862. The number of aromatic nitrogens is 2. The van der Waals surface area contributed by atoms with Crippen LogP contribution in [0, 0.1) is 11.3 Å². The molecule has 0 N–H and O–H groups in total. The van der Waals surface area contributed by atoms with Gasteiger partial charge < -0.3 is 0 Å². The molecule has 1 aromatic heterocycles. The Morgan fingerprint density at radius 2 is 1.57 bits per heavy atom. The molecule has 0 fully saturated rings. The maximum absolute atomic E-state index is 12.5. The van der Waals surface area contributed by atoms with E-state index in [2.05, 4.69) is 4.98 Å². The first-order valence-corrected chi connectivity index (χ1v) is 6.44. The van der Waals surface area contributed by atoms with Gasteiger partial charge in [-0.3, -0.25) is 9.36 Å². The van der Waals surface area contributed by atoms with Gasteiger partial charge in [-0.2, -0.15) is 5.26 Å². The van der Waals surface area contributed by atoms with Crippen molar-refractivity contribution < 1.29 is 0 Å². The van der Waals surface area contributed by atoms with E-state index in [-0.39, 0.29) is 11.1 Å². The van der Waals surface area contributed by atoms with E-state index in [9.17, 15) is 4.79 Å². The molecule has 2 aromatic carbocycles. The number of benzene rings is 2.